The summed E-state index contributed by atoms with van der Waals surface area (Å²) in [4.78, 5) is 54.3. The number of amidine groups is 2. The van der Waals surface area contributed by atoms with Crippen LogP contribution in [0.4, 0.5) is 0 Å². The Labute approximate surface area is 271 Å². The van der Waals surface area contributed by atoms with Gasteiger partial charge in [0.2, 0.25) is 0 Å². The second kappa shape index (κ2) is 23.6. The molecule has 2 aromatic heterocycles. The van der Waals surface area contributed by atoms with Crippen molar-refractivity contribution >= 4 is 48.0 Å². The van der Waals surface area contributed by atoms with Crippen molar-refractivity contribution < 1.29 is 56.1 Å². The summed E-state index contributed by atoms with van der Waals surface area (Å²) < 4.78 is 0. The number of rotatable bonds is 8. The van der Waals surface area contributed by atoms with Crippen molar-refractivity contribution in [3.63, 3.8) is 0 Å². The van der Waals surface area contributed by atoms with Gasteiger partial charge in [-0.1, -0.05) is 0 Å². The Morgan fingerprint density at radius 3 is 1.16 bits per heavy atom. The molecule has 2 aromatic rings. The number of carbonyl (C=O) groups is 4. The standard InChI is InChI=1S/2C8H16N2O2.2C6H6N2O2.Ni/c2*1-5(2)9-7(8(11)12)10-6(3)4;2*7-3-4-1-2-8-5(4)6(9)10;/h2*5-6H,1-4H3,(H,9,10)(H,11,12);2*1-3,7-8H,(H,9,10);/q;;;;+2/p-2. The summed E-state index contributed by atoms with van der Waals surface area (Å²) in [5.74, 6) is -4.72. The number of carboxylic acid groups (broad SMARTS) is 4. The second-order valence-electron chi connectivity index (χ2n) is 9.83. The average Bonchev–Trinajstić information content (AvgIpc) is 3.57. The summed E-state index contributed by atoms with van der Waals surface area (Å²) >= 11 is 0. The third-order valence-corrected chi connectivity index (χ3v) is 4.31. The van der Waals surface area contributed by atoms with Crippen LogP contribution in [0.5, 0.6) is 0 Å². The first kappa shape index (κ1) is 44.7. The van der Waals surface area contributed by atoms with Crippen molar-refractivity contribution in [2.75, 3.05) is 0 Å². The molecular weight excluding hydrogens is 635 g/mol. The van der Waals surface area contributed by atoms with Crippen LogP contribution in [0.3, 0.4) is 0 Å². The number of hydrogen-bond donors (Lipinski definition) is 8. The molecule has 0 aromatic carbocycles. The maximum Gasteiger partial charge on any atom is 2.00 e. The molecule has 0 aliphatic carbocycles. The van der Waals surface area contributed by atoms with Gasteiger partial charge >= 0.3 is 28.4 Å². The Hall–Kier alpha value is -4.79. The third kappa shape index (κ3) is 20.7. The number of aromatic amines is 2. The third-order valence-electron chi connectivity index (χ3n) is 4.31. The number of aliphatic imine (C=N–C) groups is 2. The minimum atomic E-state index is -1.25. The van der Waals surface area contributed by atoms with E-state index in [1.807, 2.05) is 55.4 Å². The van der Waals surface area contributed by atoms with E-state index in [2.05, 4.69) is 30.6 Å². The van der Waals surface area contributed by atoms with Gasteiger partial charge in [0.15, 0.2) is 0 Å². The number of H-pyrrole nitrogens is 2. The van der Waals surface area contributed by atoms with Crippen molar-refractivity contribution in [2.45, 2.75) is 79.6 Å². The van der Waals surface area contributed by atoms with Gasteiger partial charge in [-0.15, -0.1) is 0 Å². The van der Waals surface area contributed by atoms with Gasteiger partial charge in [0.05, 0.1) is 0 Å². The van der Waals surface area contributed by atoms with Crippen molar-refractivity contribution in [3.8, 4) is 0 Å². The van der Waals surface area contributed by atoms with Crippen molar-refractivity contribution in [2.24, 2.45) is 9.98 Å². The Kier molecular flexibility index (Phi) is 23.5. The Balaban J connectivity index is -0.000000520. The number of hydrogen-bond acceptors (Lipinski definition) is 10. The molecule has 45 heavy (non-hydrogen) atoms. The van der Waals surface area contributed by atoms with E-state index in [9.17, 15) is 29.4 Å². The maximum atomic E-state index is 10.5. The molecule has 8 N–H and O–H groups in total. The number of aromatic nitrogens is 2. The average molecular weight is 677 g/mol. The first-order valence-electron chi connectivity index (χ1n) is 13.3. The van der Waals surface area contributed by atoms with E-state index in [1.54, 1.807) is 0 Å². The summed E-state index contributed by atoms with van der Waals surface area (Å²) in [6, 6.07) is 3.11. The topological polar surface area (TPSA) is 283 Å². The quantitative estimate of drug-likeness (QED) is 0.109. The van der Waals surface area contributed by atoms with Crippen LogP contribution in [0.25, 0.3) is 0 Å². The molecule has 2 rings (SSSR count). The Morgan fingerprint density at radius 1 is 0.711 bits per heavy atom. The summed E-state index contributed by atoms with van der Waals surface area (Å²) in [5.41, 5.74) is 0.921. The van der Waals surface area contributed by atoms with Crippen LogP contribution in [-0.4, -0.2) is 92.3 Å². The summed E-state index contributed by atoms with van der Waals surface area (Å²) in [7, 11) is 0. The molecule has 0 fully saturated rings. The number of carboxylic acids is 4. The van der Waals surface area contributed by atoms with Gasteiger partial charge in [0.1, 0.15) is 35.0 Å². The zero-order chi connectivity index (χ0) is 34.6. The molecule has 0 atom stereocenters. The molecule has 0 amide bonds. The smallest absolute Gasteiger partial charge is 0.542 e. The minimum Gasteiger partial charge on any atom is -0.542 e. The fourth-order valence-corrected chi connectivity index (χ4v) is 2.73. The van der Waals surface area contributed by atoms with Crippen LogP contribution in [0.2, 0.25) is 0 Å². The van der Waals surface area contributed by atoms with Crippen molar-refractivity contribution in [3.05, 3.63) is 47.0 Å². The van der Waals surface area contributed by atoms with E-state index in [0.717, 1.165) is 12.4 Å². The fraction of sp³-hybridized carbons (Fsp3) is 0.429. The maximum absolute atomic E-state index is 10.5. The Morgan fingerprint density at radius 2 is 1.00 bits per heavy atom. The predicted octanol–water partition coefficient (Wildman–Crippen LogP) is 0.501. The molecule has 2 heterocycles. The second-order valence-corrected chi connectivity index (χ2v) is 9.83. The molecule has 16 nitrogen and oxygen atoms in total. The molecule has 0 aliphatic heterocycles. The van der Waals surface area contributed by atoms with Crippen LogP contribution in [0, 0.1) is 10.8 Å². The van der Waals surface area contributed by atoms with E-state index in [4.69, 9.17) is 21.0 Å². The monoisotopic (exact) mass is 676 g/mol. The molecule has 0 aliphatic rings. The molecular formula is C28H42N8NiO8. The zero-order valence-electron chi connectivity index (χ0n) is 26.3. The van der Waals surface area contributed by atoms with E-state index in [-0.39, 0.29) is 63.7 Å². The van der Waals surface area contributed by atoms with E-state index < -0.39 is 23.9 Å². The molecule has 0 saturated heterocycles. The van der Waals surface area contributed by atoms with Crippen molar-refractivity contribution in [1.82, 2.24) is 20.6 Å². The SMILES string of the molecule is CC(C)N=C(NC(C)C)C(=O)[O-].CC(C)N=C(NC(C)C)C(=O)[O-].N=Cc1cc[nH]c1C(=O)O.N=Cc1cc[nH]c1C(=O)O.[Ni+2]. The normalized spacial score (nSPS) is 10.7. The van der Waals surface area contributed by atoms with Gasteiger partial charge in [-0.05, 0) is 67.5 Å². The van der Waals surface area contributed by atoms with Gasteiger partial charge in [-0.2, -0.15) is 0 Å². The summed E-state index contributed by atoms with van der Waals surface area (Å²) in [6.45, 7) is 14.6. The van der Waals surface area contributed by atoms with Crippen LogP contribution < -0.4 is 20.8 Å². The van der Waals surface area contributed by atoms with Gasteiger partial charge in [-0.25, -0.2) is 9.59 Å². The summed E-state index contributed by atoms with van der Waals surface area (Å²) in [6.07, 6.45) is 4.98. The predicted molar refractivity (Wildman–Crippen MR) is 163 cm³/mol. The number of carbonyl (C=O) groups excluding carboxylic acids is 2. The molecule has 0 unspecified atom stereocenters. The van der Waals surface area contributed by atoms with Crippen LogP contribution >= 0.6 is 0 Å². The zero-order valence-corrected chi connectivity index (χ0v) is 27.3. The minimum absolute atomic E-state index is 0. The number of aliphatic carboxylic acids is 2. The van der Waals surface area contributed by atoms with Gasteiger partial charge in [0.25, 0.3) is 0 Å². The first-order valence-corrected chi connectivity index (χ1v) is 13.3. The Bertz CT molecular complexity index is 1200. The molecule has 0 bridgehead atoms. The van der Waals surface area contributed by atoms with Crippen LogP contribution in [0.15, 0.2) is 34.5 Å². The molecule has 0 spiro atoms. The number of nitrogens with one attached hydrogen (secondary N) is 6. The molecule has 0 radical (unpaired) electrons. The van der Waals surface area contributed by atoms with Gasteiger partial charge in [0, 0.05) is 60.1 Å². The van der Waals surface area contributed by atoms with Gasteiger partial charge in [-0.3, -0.25) is 9.98 Å². The summed E-state index contributed by atoms with van der Waals surface area (Å²) in [5, 5.41) is 56.8. The largest absolute Gasteiger partial charge is 2.00 e. The van der Waals surface area contributed by atoms with E-state index in [1.165, 1.54) is 24.5 Å². The van der Waals surface area contributed by atoms with E-state index >= 15 is 0 Å². The van der Waals surface area contributed by atoms with Crippen LogP contribution in [0.1, 0.15) is 87.5 Å². The molecule has 0 saturated carbocycles. The van der Waals surface area contributed by atoms with Crippen molar-refractivity contribution in [1.29, 1.82) is 10.8 Å². The number of nitrogens with zero attached hydrogens (tertiary/aromatic N) is 2. The molecule has 17 heteroatoms. The first-order chi connectivity index (χ1) is 20.4. The fourth-order valence-electron chi connectivity index (χ4n) is 2.73. The van der Waals surface area contributed by atoms with Gasteiger partial charge < -0.3 is 61.4 Å². The van der Waals surface area contributed by atoms with E-state index in [0.29, 0.717) is 11.1 Å². The van der Waals surface area contributed by atoms with Crippen LogP contribution in [-0.2, 0) is 26.1 Å². The molecule has 252 valence electrons. The number of aromatic carboxylic acids is 2.